The molecule has 0 saturated heterocycles. The number of rotatable bonds is 9. The van der Waals surface area contributed by atoms with Crippen LogP contribution in [-0.4, -0.2) is 55.9 Å². The van der Waals surface area contributed by atoms with E-state index >= 15 is 0 Å². The standard InChI is InChI=1S/C12H23F3N2O2/c1-4-19-7-5-6-17(9-12(13,14)15)11(18)8-16-10(2)3/h10,16H,4-9H2,1-3H3. The molecule has 0 fully saturated rings. The largest absolute Gasteiger partial charge is 0.406 e. The third kappa shape index (κ3) is 10.8. The molecular weight excluding hydrogens is 261 g/mol. The highest BCUT2D eigenvalue weighted by Crippen LogP contribution is 2.16. The van der Waals surface area contributed by atoms with E-state index in [0.717, 1.165) is 4.90 Å². The van der Waals surface area contributed by atoms with Crippen molar-refractivity contribution in [1.82, 2.24) is 10.2 Å². The minimum absolute atomic E-state index is 0.0537. The van der Waals surface area contributed by atoms with Gasteiger partial charge in [-0.05, 0) is 13.3 Å². The fraction of sp³-hybridized carbons (Fsp3) is 0.917. The number of carbonyl (C=O) groups excluding carboxylic acids is 1. The Morgan fingerprint density at radius 3 is 2.47 bits per heavy atom. The lowest BCUT2D eigenvalue weighted by molar-refractivity contribution is -0.161. The first-order valence-electron chi connectivity index (χ1n) is 6.42. The van der Waals surface area contributed by atoms with Crippen LogP contribution in [0, 0.1) is 0 Å². The van der Waals surface area contributed by atoms with E-state index in [1.807, 2.05) is 20.8 Å². The molecule has 0 aliphatic rings. The van der Waals surface area contributed by atoms with Crippen LogP contribution in [-0.2, 0) is 9.53 Å². The number of hydrogen-bond acceptors (Lipinski definition) is 3. The monoisotopic (exact) mass is 284 g/mol. The van der Waals surface area contributed by atoms with Crippen molar-refractivity contribution in [2.75, 3.05) is 32.8 Å². The predicted octanol–water partition coefficient (Wildman–Crippen LogP) is 1.80. The Kier molecular flexibility index (Phi) is 8.75. The second-order valence-electron chi connectivity index (χ2n) is 4.52. The highest BCUT2D eigenvalue weighted by atomic mass is 19.4. The molecular formula is C12H23F3N2O2. The van der Waals surface area contributed by atoms with Gasteiger partial charge in [-0.15, -0.1) is 0 Å². The average molecular weight is 284 g/mol. The van der Waals surface area contributed by atoms with Gasteiger partial charge in [0.05, 0.1) is 6.54 Å². The van der Waals surface area contributed by atoms with Gasteiger partial charge in [0, 0.05) is 25.8 Å². The summed E-state index contributed by atoms with van der Waals surface area (Å²) in [5.41, 5.74) is 0. The van der Waals surface area contributed by atoms with Crippen LogP contribution >= 0.6 is 0 Å². The Labute approximate surface area is 112 Å². The number of amides is 1. The summed E-state index contributed by atoms with van der Waals surface area (Å²) < 4.78 is 42.2. The SMILES string of the molecule is CCOCCCN(CC(F)(F)F)C(=O)CNC(C)C. The maximum atomic E-state index is 12.4. The van der Waals surface area contributed by atoms with E-state index in [0.29, 0.717) is 19.6 Å². The summed E-state index contributed by atoms with van der Waals surface area (Å²) in [4.78, 5) is 12.5. The minimum atomic E-state index is -4.38. The van der Waals surface area contributed by atoms with Crippen molar-refractivity contribution in [1.29, 1.82) is 0 Å². The summed E-state index contributed by atoms with van der Waals surface area (Å²) in [6.45, 7) is 5.11. The predicted molar refractivity (Wildman–Crippen MR) is 66.9 cm³/mol. The molecule has 0 bridgehead atoms. The van der Waals surface area contributed by atoms with Crippen LogP contribution in [0.3, 0.4) is 0 Å². The van der Waals surface area contributed by atoms with Crippen molar-refractivity contribution in [3.63, 3.8) is 0 Å². The second-order valence-corrected chi connectivity index (χ2v) is 4.52. The van der Waals surface area contributed by atoms with Crippen molar-refractivity contribution in [3.05, 3.63) is 0 Å². The molecule has 0 saturated carbocycles. The van der Waals surface area contributed by atoms with Crippen LogP contribution in [0.25, 0.3) is 0 Å². The molecule has 0 rings (SSSR count). The lowest BCUT2D eigenvalue weighted by atomic mass is 10.3. The molecule has 0 heterocycles. The summed E-state index contributed by atoms with van der Waals surface area (Å²) >= 11 is 0. The molecule has 0 aliphatic heterocycles. The van der Waals surface area contributed by atoms with Crippen LogP contribution in [0.2, 0.25) is 0 Å². The maximum Gasteiger partial charge on any atom is 0.406 e. The quantitative estimate of drug-likeness (QED) is 0.656. The molecule has 0 atom stereocenters. The zero-order valence-electron chi connectivity index (χ0n) is 11.7. The smallest absolute Gasteiger partial charge is 0.382 e. The molecule has 0 aliphatic carbocycles. The van der Waals surface area contributed by atoms with Gasteiger partial charge in [-0.3, -0.25) is 4.79 Å². The van der Waals surface area contributed by atoms with Gasteiger partial charge in [0.2, 0.25) is 5.91 Å². The highest BCUT2D eigenvalue weighted by Gasteiger charge is 2.32. The number of halogens is 3. The molecule has 19 heavy (non-hydrogen) atoms. The summed E-state index contributed by atoms with van der Waals surface area (Å²) in [6, 6.07) is 0.0557. The molecule has 1 amide bonds. The third-order valence-corrected chi connectivity index (χ3v) is 2.31. The fourth-order valence-electron chi connectivity index (χ4n) is 1.41. The molecule has 0 aromatic carbocycles. The average Bonchev–Trinajstić information content (AvgIpc) is 2.28. The Morgan fingerprint density at radius 2 is 2.00 bits per heavy atom. The van der Waals surface area contributed by atoms with E-state index in [1.165, 1.54) is 0 Å². The Bertz CT molecular complexity index is 258. The van der Waals surface area contributed by atoms with Gasteiger partial charge in [-0.2, -0.15) is 13.2 Å². The Hall–Kier alpha value is -0.820. The van der Waals surface area contributed by atoms with Gasteiger partial charge < -0.3 is 15.0 Å². The first-order chi connectivity index (χ1) is 8.76. The minimum Gasteiger partial charge on any atom is -0.382 e. The fourth-order valence-corrected chi connectivity index (χ4v) is 1.41. The van der Waals surface area contributed by atoms with E-state index in [1.54, 1.807) is 0 Å². The van der Waals surface area contributed by atoms with Crippen LogP contribution in [0.1, 0.15) is 27.2 Å². The van der Waals surface area contributed by atoms with Crippen molar-refractivity contribution < 1.29 is 22.7 Å². The van der Waals surface area contributed by atoms with Crippen molar-refractivity contribution in [3.8, 4) is 0 Å². The van der Waals surface area contributed by atoms with Gasteiger partial charge in [0.1, 0.15) is 6.54 Å². The van der Waals surface area contributed by atoms with Crippen molar-refractivity contribution in [2.45, 2.75) is 39.4 Å². The number of nitrogens with one attached hydrogen (secondary N) is 1. The van der Waals surface area contributed by atoms with E-state index in [4.69, 9.17) is 4.74 Å². The van der Waals surface area contributed by atoms with Crippen molar-refractivity contribution >= 4 is 5.91 Å². The van der Waals surface area contributed by atoms with Gasteiger partial charge >= 0.3 is 6.18 Å². The van der Waals surface area contributed by atoms with Crippen LogP contribution in [0.5, 0.6) is 0 Å². The summed E-state index contributed by atoms with van der Waals surface area (Å²) in [7, 11) is 0. The van der Waals surface area contributed by atoms with Gasteiger partial charge in [0.25, 0.3) is 0 Å². The molecule has 114 valence electrons. The third-order valence-electron chi connectivity index (χ3n) is 2.31. The first-order valence-corrected chi connectivity index (χ1v) is 6.42. The van der Waals surface area contributed by atoms with Crippen LogP contribution in [0.4, 0.5) is 13.2 Å². The number of nitrogens with zero attached hydrogens (tertiary/aromatic N) is 1. The normalized spacial score (nSPS) is 11.9. The molecule has 7 heteroatoms. The number of ether oxygens (including phenoxy) is 1. The lowest BCUT2D eigenvalue weighted by Crippen LogP contribution is -2.45. The molecule has 1 N–H and O–H groups in total. The first kappa shape index (κ1) is 18.2. The molecule has 0 aromatic heterocycles. The maximum absolute atomic E-state index is 12.4. The number of alkyl halides is 3. The van der Waals surface area contributed by atoms with Gasteiger partial charge in [-0.1, -0.05) is 13.8 Å². The van der Waals surface area contributed by atoms with Gasteiger partial charge in [-0.25, -0.2) is 0 Å². The lowest BCUT2D eigenvalue weighted by Gasteiger charge is -2.24. The van der Waals surface area contributed by atoms with Crippen molar-refractivity contribution in [2.24, 2.45) is 0 Å². The summed E-state index contributed by atoms with van der Waals surface area (Å²) in [5.74, 6) is -0.539. The van der Waals surface area contributed by atoms with E-state index in [2.05, 4.69) is 5.32 Å². The summed E-state index contributed by atoms with van der Waals surface area (Å²) in [6.07, 6.45) is -3.98. The highest BCUT2D eigenvalue weighted by molar-refractivity contribution is 5.78. The topological polar surface area (TPSA) is 41.6 Å². The van der Waals surface area contributed by atoms with Crippen LogP contribution < -0.4 is 5.32 Å². The zero-order valence-corrected chi connectivity index (χ0v) is 11.7. The molecule has 0 unspecified atom stereocenters. The molecule has 0 spiro atoms. The molecule has 0 radical (unpaired) electrons. The Morgan fingerprint density at radius 1 is 1.37 bits per heavy atom. The second kappa shape index (κ2) is 9.14. The summed E-state index contributed by atoms with van der Waals surface area (Å²) in [5, 5.41) is 2.82. The zero-order chi connectivity index (χ0) is 14.9. The number of hydrogen-bond donors (Lipinski definition) is 1. The van der Waals surface area contributed by atoms with E-state index in [9.17, 15) is 18.0 Å². The number of carbonyl (C=O) groups is 1. The molecule has 4 nitrogen and oxygen atoms in total. The van der Waals surface area contributed by atoms with Gasteiger partial charge in [0.15, 0.2) is 0 Å². The van der Waals surface area contributed by atoms with Crippen LogP contribution in [0.15, 0.2) is 0 Å². The van der Waals surface area contributed by atoms with E-state index < -0.39 is 18.6 Å². The van der Waals surface area contributed by atoms with E-state index in [-0.39, 0.29) is 19.1 Å². The molecule has 0 aromatic rings. The Balaban J connectivity index is 4.27.